The first-order valence-corrected chi connectivity index (χ1v) is 4.76. The van der Waals surface area contributed by atoms with Crippen LogP contribution >= 0.6 is 0 Å². The van der Waals surface area contributed by atoms with Gasteiger partial charge in [-0.05, 0) is 38.1 Å². The first-order valence-electron chi connectivity index (χ1n) is 4.76. The lowest BCUT2D eigenvalue weighted by Crippen LogP contribution is -2.25. The maximum absolute atomic E-state index is 9.25. The van der Waals surface area contributed by atoms with E-state index in [1.54, 1.807) is 6.92 Å². The van der Waals surface area contributed by atoms with Gasteiger partial charge in [-0.15, -0.1) is 0 Å². The van der Waals surface area contributed by atoms with Crippen LogP contribution in [-0.4, -0.2) is 24.4 Å². The average Bonchev–Trinajstić information content (AvgIpc) is 2.19. The van der Waals surface area contributed by atoms with Gasteiger partial charge in [-0.1, -0.05) is 0 Å². The number of benzene rings is 1. The minimum Gasteiger partial charge on any atom is -0.488 e. The van der Waals surface area contributed by atoms with Gasteiger partial charge in [0.15, 0.2) is 0 Å². The van der Waals surface area contributed by atoms with E-state index < -0.39 is 6.10 Å². The summed E-state index contributed by atoms with van der Waals surface area (Å²) in [5, 5.41) is 12.3. The monoisotopic (exact) mass is 195 g/mol. The Labute approximate surface area is 84.7 Å². The van der Waals surface area contributed by atoms with Crippen molar-refractivity contribution >= 4 is 5.69 Å². The fraction of sp³-hybridized carbons (Fsp3) is 0.455. The second kappa shape index (κ2) is 4.86. The third-order valence-corrected chi connectivity index (χ3v) is 2.14. The van der Waals surface area contributed by atoms with Gasteiger partial charge in [-0.3, -0.25) is 0 Å². The van der Waals surface area contributed by atoms with E-state index >= 15 is 0 Å². The molecule has 0 heterocycles. The van der Waals surface area contributed by atoms with Gasteiger partial charge in [0.1, 0.15) is 11.9 Å². The second-order valence-corrected chi connectivity index (χ2v) is 3.34. The average molecular weight is 195 g/mol. The molecule has 3 heteroatoms. The van der Waals surface area contributed by atoms with Crippen molar-refractivity contribution < 1.29 is 9.84 Å². The number of aliphatic hydroxyl groups excluding tert-OH is 1. The van der Waals surface area contributed by atoms with E-state index in [-0.39, 0.29) is 6.10 Å². The topological polar surface area (TPSA) is 41.5 Å². The van der Waals surface area contributed by atoms with Crippen molar-refractivity contribution in [3.8, 4) is 5.75 Å². The SMILES string of the molecule is CNc1ccc(OC(C)C(C)O)cc1. The number of hydrogen-bond acceptors (Lipinski definition) is 3. The number of hydrogen-bond donors (Lipinski definition) is 2. The molecule has 0 bridgehead atoms. The zero-order chi connectivity index (χ0) is 10.6. The van der Waals surface area contributed by atoms with Crippen molar-refractivity contribution in [3.63, 3.8) is 0 Å². The second-order valence-electron chi connectivity index (χ2n) is 3.34. The van der Waals surface area contributed by atoms with Gasteiger partial charge in [-0.25, -0.2) is 0 Å². The molecule has 3 nitrogen and oxygen atoms in total. The third-order valence-electron chi connectivity index (χ3n) is 2.14. The quantitative estimate of drug-likeness (QED) is 0.770. The maximum atomic E-state index is 9.25. The summed E-state index contributed by atoms with van der Waals surface area (Å²) >= 11 is 0. The van der Waals surface area contributed by atoms with E-state index in [0.29, 0.717) is 0 Å². The first kappa shape index (κ1) is 10.9. The molecule has 14 heavy (non-hydrogen) atoms. The van der Waals surface area contributed by atoms with Gasteiger partial charge in [-0.2, -0.15) is 0 Å². The van der Waals surface area contributed by atoms with Crippen LogP contribution < -0.4 is 10.1 Å². The van der Waals surface area contributed by atoms with E-state index in [4.69, 9.17) is 4.74 Å². The lowest BCUT2D eigenvalue weighted by Gasteiger charge is -2.17. The molecule has 2 N–H and O–H groups in total. The Morgan fingerprint density at radius 2 is 1.79 bits per heavy atom. The fourth-order valence-electron chi connectivity index (χ4n) is 1.01. The molecule has 0 fully saturated rings. The van der Waals surface area contributed by atoms with Crippen LogP contribution in [0.25, 0.3) is 0 Å². The van der Waals surface area contributed by atoms with Crippen molar-refractivity contribution in [1.82, 2.24) is 0 Å². The minimum atomic E-state index is -0.459. The summed E-state index contributed by atoms with van der Waals surface area (Å²) in [6.07, 6.45) is -0.644. The van der Waals surface area contributed by atoms with Crippen molar-refractivity contribution in [2.24, 2.45) is 0 Å². The Kier molecular flexibility index (Phi) is 3.77. The summed E-state index contributed by atoms with van der Waals surface area (Å²) in [6.45, 7) is 3.56. The molecule has 1 aromatic carbocycles. The maximum Gasteiger partial charge on any atom is 0.121 e. The van der Waals surface area contributed by atoms with Crippen molar-refractivity contribution in [2.75, 3.05) is 12.4 Å². The van der Waals surface area contributed by atoms with Crippen LogP contribution in [0.4, 0.5) is 5.69 Å². The molecule has 2 unspecified atom stereocenters. The van der Waals surface area contributed by atoms with Gasteiger partial charge >= 0.3 is 0 Å². The van der Waals surface area contributed by atoms with Crippen molar-refractivity contribution in [1.29, 1.82) is 0 Å². The summed E-state index contributed by atoms with van der Waals surface area (Å²) < 4.78 is 5.50. The number of anilines is 1. The largest absolute Gasteiger partial charge is 0.488 e. The fourth-order valence-corrected chi connectivity index (χ4v) is 1.01. The van der Waals surface area contributed by atoms with Gasteiger partial charge in [0.05, 0.1) is 6.10 Å². The van der Waals surface area contributed by atoms with E-state index in [2.05, 4.69) is 5.32 Å². The summed E-state index contributed by atoms with van der Waals surface area (Å²) in [5.41, 5.74) is 1.04. The Hall–Kier alpha value is -1.22. The van der Waals surface area contributed by atoms with Gasteiger partial charge in [0.2, 0.25) is 0 Å². The molecular weight excluding hydrogens is 178 g/mol. The zero-order valence-electron chi connectivity index (χ0n) is 8.82. The van der Waals surface area contributed by atoms with Crippen molar-refractivity contribution in [2.45, 2.75) is 26.1 Å². The number of nitrogens with one attached hydrogen (secondary N) is 1. The minimum absolute atomic E-state index is 0.185. The molecule has 0 radical (unpaired) electrons. The molecular formula is C11H17NO2. The van der Waals surface area contributed by atoms with Gasteiger partial charge < -0.3 is 15.2 Å². The highest BCUT2D eigenvalue weighted by atomic mass is 16.5. The molecule has 0 aliphatic rings. The number of rotatable bonds is 4. The smallest absolute Gasteiger partial charge is 0.121 e. The molecule has 78 valence electrons. The lowest BCUT2D eigenvalue weighted by molar-refractivity contribution is 0.0604. The standard InChI is InChI=1S/C11H17NO2/c1-8(13)9(2)14-11-6-4-10(12-3)5-7-11/h4-9,12-13H,1-3H3. The van der Waals surface area contributed by atoms with Crippen LogP contribution in [-0.2, 0) is 0 Å². The first-order chi connectivity index (χ1) is 6.63. The number of ether oxygens (including phenoxy) is 1. The zero-order valence-corrected chi connectivity index (χ0v) is 8.82. The molecule has 0 aromatic heterocycles. The van der Waals surface area contributed by atoms with E-state index in [1.807, 2.05) is 38.2 Å². The summed E-state index contributed by atoms with van der Waals surface area (Å²) in [7, 11) is 1.87. The van der Waals surface area contributed by atoms with Crippen LogP contribution in [0.1, 0.15) is 13.8 Å². The molecule has 1 aromatic rings. The molecule has 0 saturated carbocycles. The Balaban J connectivity index is 2.59. The highest BCUT2D eigenvalue weighted by Crippen LogP contribution is 2.17. The predicted octanol–water partition coefficient (Wildman–Crippen LogP) is 1.88. The van der Waals surface area contributed by atoms with Crippen LogP contribution in [0, 0.1) is 0 Å². The molecule has 0 spiro atoms. The van der Waals surface area contributed by atoms with Gasteiger partial charge in [0.25, 0.3) is 0 Å². The van der Waals surface area contributed by atoms with Crippen LogP contribution in [0.15, 0.2) is 24.3 Å². The van der Waals surface area contributed by atoms with Crippen LogP contribution in [0.3, 0.4) is 0 Å². The Morgan fingerprint density at radius 3 is 2.21 bits per heavy atom. The Morgan fingerprint density at radius 1 is 1.21 bits per heavy atom. The van der Waals surface area contributed by atoms with E-state index in [0.717, 1.165) is 11.4 Å². The highest BCUT2D eigenvalue weighted by Gasteiger charge is 2.09. The molecule has 1 rings (SSSR count). The number of aliphatic hydroxyl groups is 1. The Bertz CT molecular complexity index is 269. The van der Waals surface area contributed by atoms with Crippen LogP contribution in [0.2, 0.25) is 0 Å². The van der Waals surface area contributed by atoms with Crippen molar-refractivity contribution in [3.05, 3.63) is 24.3 Å². The molecule has 0 amide bonds. The summed E-state index contributed by atoms with van der Waals surface area (Å²) in [4.78, 5) is 0. The van der Waals surface area contributed by atoms with E-state index in [1.165, 1.54) is 0 Å². The molecule has 0 aliphatic carbocycles. The predicted molar refractivity (Wildman–Crippen MR) is 57.8 cm³/mol. The third kappa shape index (κ3) is 2.92. The van der Waals surface area contributed by atoms with Gasteiger partial charge in [0, 0.05) is 12.7 Å². The molecule has 0 aliphatic heterocycles. The normalized spacial score (nSPS) is 14.6. The lowest BCUT2D eigenvalue weighted by atomic mass is 10.2. The summed E-state index contributed by atoms with van der Waals surface area (Å²) in [5.74, 6) is 0.775. The summed E-state index contributed by atoms with van der Waals surface area (Å²) in [6, 6.07) is 7.63. The van der Waals surface area contributed by atoms with E-state index in [9.17, 15) is 5.11 Å². The molecule has 2 atom stereocenters. The molecule has 0 saturated heterocycles. The van der Waals surface area contributed by atoms with Crippen LogP contribution in [0.5, 0.6) is 5.75 Å². The highest BCUT2D eigenvalue weighted by molar-refractivity contribution is 5.45.